The van der Waals surface area contributed by atoms with Gasteiger partial charge in [0.25, 0.3) is 5.91 Å². The summed E-state index contributed by atoms with van der Waals surface area (Å²) in [5, 5.41) is 16.1. The molecule has 0 radical (unpaired) electrons. The summed E-state index contributed by atoms with van der Waals surface area (Å²) in [7, 11) is 1.21. The van der Waals surface area contributed by atoms with E-state index in [-0.39, 0.29) is 40.2 Å². The molecule has 1 amide bonds. The molecule has 7 rings (SSSR count). The number of methoxy groups -OCH3 is 2. The van der Waals surface area contributed by atoms with Gasteiger partial charge in [0.2, 0.25) is 5.88 Å². The number of halogens is 1. The number of benzene rings is 2. The highest BCUT2D eigenvalue weighted by Crippen LogP contribution is 2.47. The quantitative estimate of drug-likeness (QED) is 0.260. The lowest BCUT2D eigenvalue weighted by atomic mass is 9.68. The molecular formula is C39H47ClN4O7S. The fourth-order valence-electron chi connectivity index (χ4n) is 8.53. The summed E-state index contributed by atoms with van der Waals surface area (Å²) in [5.41, 5.74) is 3.37. The lowest BCUT2D eigenvalue weighted by Crippen LogP contribution is -2.49. The van der Waals surface area contributed by atoms with Gasteiger partial charge in [0.05, 0.1) is 47.1 Å². The molecule has 2 aliphatic heterocycles. The molecule has 1 aromatic heterocycles. The topological polar surface area (TPSA) is 133 Å². The van der Waals surface area contributed by atoms with E-state index in [0.717, 1.165) is 42.8 Å². The van der Waals surface area contributed by atoms with Gasteiger partial charge in [-0.3, -0.25) is 14.3 Å². The minimum absolute atomic E-state index is 0.0956. The number of aromatic nitrogens is 2. The smallest absolute Gasteiger partial charge is 0.285 e. The molecule has 1 fully saturated rings. The molecule has 0 unspecified atom stereocenters. The first-order chi connectivity index (χ1) is 24.9. The van der Waals surface area contributed by atoms with Crippen molar-refractivity contribution in [1.82, 2.24) is 9.78 Å². The van der Waals surface area contributed by atoms with Crippen LogP contribution in [-0.2, 0) is 33.3 Å². The molecule has 7 atom stereocenters. The number of amides is 1. The van der Waals surface area contributed by atoms with E-state index in [1.54, 1.807) is 45.4 Å². The third-order valence-corrected chi connectivity index (χ3v) is 13.9. The van der Waals surface area contributed by atoms with E-state index in [9.17, 15) is 18.9 Å². The van der Waals surface area contributed by atoms with Crippen molar-refractivity contribution in [3.63, 3.8) is 0 Å². The molecule has 52 heavy (non-hydrogen) atoms. The molecule has 2 bridgehead atoms. The van der Waals surface area contributed by atoms with E-state index in [1.807, 2.05) is 12.1 Å². The number of aliphatic hydroxyl groups is 1. The van der Waals surface area contributed by atoms with E-state index in [4.69, 9.17) is 25.8 Å². The number of aliphatic hydroxyl groups excluding tert-OH is 1. The molecule has 11 nitrogen and oxygen atoms in total. The number of rotatable bonds is 5. The van der Waals surface area contributed by atoms with E-state index < -0.39 is 39.2 Å². The zero-order valence-corrected chi connectivity index (χ0v) is 31.7. The molecule has 1 saturated carbocycles. The number of hydrogen-bond donors (Lipinski definition) is 1. The molecule has 2 aromatic carbocycles. The van der Waals surface area contributed by atoms with Gasteiger partial charge in [0.15, 0.2) is 5.78 Å². The molecular weight excluding hydrogens is 704 g/mol. The zero-order chi connectivity index (χ0) is 36.8. The Hall–Kier alpha value is -3.71. The molecule has 0 saturated heterocycles. The summed E-state index contributed by atoms with van der Waals surface area (Å²) in [5.74, 6) is -1.25. The number of ketones is 1. The summed E-state index contributed by atoms with van der Waals surface area (Å²) in [6.07, 6.45) is 8.75. The number of nitrogens with zero attached hydrogens (tertiary/aromatic N) is 4. The van der Waals surface area contributed by atoms with Crippen molar-refractivity contribution in [2.24, 2.45) is 29.2 Å². The second kappa shape index (κ2) is 14.6. The second-order valence-electron chi connectivity index (χ2n) is 15.0. The summed E-state index contributed by atoms with van der Waals surface area (Å²) in [6.45, 7) is 3.61. The number of carbonyl (C=O) groups is 2. The lowest BCUT2D eigenvalue weighted by molar-refractivity contribution is 0.0124. The van der Waals surface area contributed by atoms with Crippen molar-refractivity contribution in [1.29, 1.82) is 0 Å². The fourth-order valence-corrected chi connectivity index (χ4v) is 11.0. The highest BCUT2D eigenvalue weighted by atomic mass is 35.5. The van der Waals surface area contributed by atoms with Gasteiger partial charge in [-0.25, -0.2) is 4.21 Å². The minimum atomic E-state index is -3.54. The Morgan fingerprint density at radius 2 is 2.00 bits per heavy atom. The minimum Gasteiger partial charge on any atom is -0.490 e. The average Bonchev–Trinajstić information content (AvgIpc) is 3.42. The number of fused-ring (bicyclic) bond motifs is 4. The Morgan fingerprint density at radius 1 is 1.17 bits per heavy atom. The summed E-state index contributed by atoms with van der Waals surface area (Å²) in [4.78, 5) is 30.0. The van der Waals surface area contributed by atoms with E-state index in [0.29, 0.717) is 31.4 Å². The van der Waals surface area contributed by atoms with Gasteiger partial charge in [-0.05, 0) is 91.3 Å². The highest BCUT2D eigenvalue weighted by Gasteiger charge is 2.44. The first-order valence-corrected chi connectivity index (χ1v) is 20.2. The number of carbonyl (C=O) groups excluding carboxylic acids is 2. The van der Waals surface area contributed by atoms with Gasteiger partial charge < -0.3 is 24.2 Å². The Labute approximate surface area is 310 Å². The molecule has 1 spiro atoms. The molecule has 278 valence electrons. The van der Waals surface area contributed by atoms with Crippen LogP contribution < -0.4 is 14.4 Å². The normalized spacial score (nSPS) is 30.9. The average molecular weight is 751 g/mol. The van der Waals surface area contributed by atoms with Gasteiger partial charge in [-0.15, -0.1) is 5.10 Å². The first kappa shape index (κ1) is 36.6. The fraction of sp³-hybridized carbons (Fsp3) is 0.513. The van der Waals surface area contributed by atoms with Crippen LogP contribution in [0.25, 0.3) is 0 Å². The van der Waals surface area contributed by atoms with Crippen LogP contribution in [0.1, 0.15) is 64.4 Å². The van der Waals surface area contributed by atoms with Crippen molar-refractivity contribution in [3.8, 4) is 11.6 Å². The highest BCUT2D eigenvalue weighted by molar-refractivity contribution is 7.94. The first-order valence-electron chi connectivity index (χ1n) is 18.0. The molecule has 3 heterocycles. The molecule has 13 heteroatoms. The predicted molar refractivity (Wildman–Crippen MR) is 200 cm³/mol. The van der Waals surface area contributed by atoms with E-state index in [1.165, 1.54) is 29.1 Å². The maximum absolute atomic E-state index is 14.7. The zero-order valence-electron chi connectivity index (χ0n) is 30.1. The Balaban J connectivity index is 1.32. The number of Topliss-reactive ketones (excluding diaryl/α,β-unsaturated/α-hetero) is 1. The summed E-state index contributed by atoms with van der Waals surface area (Å²) < 4.78 is 38.4. The Morgan fingerprint density at radius 3 is 2.75 bits per heavy atom. The van der Waals surface area contributed by atoms with Gasteiger partial charge in [-0.2, -0.15) is 4.36 Å². The van der Waals surface area contributed by atoms with E-state index in [2.05, 4.69) is 26.5 Å². The number of ether oxygens (including phenoxy) is 3. The number of aryl methyl sites for hydroxylation is 2. The van der Waals surface area contributed by atoms with Crippen LogP contribution in [0.15, 0.2) is 59.1 Å². The number of hydrogen-bond acceptors (Lipinski definition) is 9. The molecule has 1 N–H and O–H groups in total. The largest absolute Gasteiger partial charge is 0.490 e. The van der Waals surface area contributed by atoms with Gasteiger partial charge in [0, 0.05) is 55.2 Å². The predicted octanol–water partition coefficient (Wildman–Crippen LogP) is 5.65. The van der Waals surface area contributed by atoms with Crippen LogP contribution in [-0.4, -0.2) is 88.4 Å². The third kappa shape index (κ3) is 7.14. The Bertz CT molecular complexity index is 2020. The van der Waals surface area contributed by atoms with Crippen molar-refractivity contribution in [3.05, 3.63) is 82.0 Å². The lowest BCUT2D eigenvalue weighted by Gasteiger charge is -2.46. The van der Waals surface area contributed by atoms with E-state index >= 15 is 0 Å². The van der Waals surface area contributed by atoms with Crippen LogP contribution in [0.5, 0.6) is 11.6 Å². The second-order valence-corrected chi connectivity index (χ2v) is 17.8. The molecule has 4 aliphatic rings. The maximum atomic E-state index is 14.7. The van der Waals surface area contributed by atoms with Crippen LogP contribution in [0.3, 0.4) is 0 Å². The maximum Gasteiger partial charge on any atom is 0.285 e. The van der Waals surface area contributed by atoms with Gasteiger partial charge >= 0.3 is 0 Å². The van der Waals surface area contributed by atoms with Gasteiger partial charge in [0.1, 0.15) is 11.3 Å². The van der Waals surface area contributed by atoms with Crippen molar-refractivity contribution >= 4 is 38.7 Å². The van der Waals surface area contributed by atoms with Crippen molar-refractivity contribution in [2.75, 3.05) is 50.3 Å². The SMILES string of the molecule is COc1nn(C)cc1C(=O)C[S@@]1(=O)=NC(=O)c2ccc3c(c2)N(C[C@@H]2CC[C@H]2[C@@H](OC)/C=C/[C@@H](O)[C@H](C)C1)C[C@@]1(CCCc2cc(Cl)ccc21)CO3. The third-order valence-electron chi connectivity index (χ3n) is 11.4. The van der Waals surface area contributed by atoms with Crippen molar-refractivity contribution in [2.45, 2.75) is 56.7 Å². The van der Waals surface area contributed by atoms with Crippen LogP contribution in [0, 0.1) is 17.8 Å². The van der Waals surface area contributed by atoms with Crippen LogP contribution in [0.4, 0.5) is 5.69 Å². The van der Waals surface area contributed by atoms with Crippen LogP contribution >= 0.6 is 11.6 Å². The number of anilines is 1. The monoisotopic (exact) mass is 750 g/mol. The summed E-state index contributed by atoms with van der Waals surface area (Å²) >= 11 is 6.45. The summed E-state index contributed by atoms with van der Waals surface area (Å²) in [6, 6.07) is 11.4. The van der Waals surface area contributed by atoms with Crippen molar-refractivity contribution < 1.29 is 33.1 Å². The van der Waals surface area contributed by atoms with Crippen LogP contribution in [0.2, 0.25) is 5.02 Å². The Kier molecular flexibility index (Phi) is 10.3. The molecule has 2 aliphatic carbocycles. The molecule has 3 aromatic rings. The standard InChI is InChI=1S/C39H47ClN4O7S/c1-24-20-52(48,21-34(46)30-19-43(2)41-38(30)50-4)42-37(47)26-8-13-36-32(17-26)44(18-27-7-10-29(27)35(49-3)14-12-33(24)45)22-39(23-51-36)15-5-6-25-16-28(40)9-11-31(25)39/h8-9,11-14,16-17,19,24,27,29,33,35,45H,5-7,10,15,18,20-23H2,1-4H3/b14-12+/t24-,27+,29-,33-,35+,39+,52-/m1/s1. The van der Waals surface area contributed by atoms with Gasteiger partial charge in [-0.1, -0.05) is 36.7 Å².